The van der Waals surface area contributed by atoms with Gasteiger partial charge in [-0.3, -0.25) is 5.10 Å². The molecule has 0 saturated carbocycles. The van der Waals surface area contributed by atoms with Gasteiger partial charge in [0.15, 0.2) is 5.82 Å². The van der Waals surface area contributed by atoms with Crippen LogP contribution in [0.4, 0.5) is 5.82 Å². The predicted octanol–water partition coefficient (Wildman–Crippen LogP) is 5.24. The number of hydrogen-bond acceptors (Lipinski definition) is 2. The molecule has 0 radical (unpaired) electrons. The van der Waals surface area contributed by atoms with Gasteiger partial charge in [0.2, 0.25) is 0 Å². The number of aromatic amines is 1. The molecule has 0 spiro atoms. The van der Waals surface area contributed by atoms with E-state index in [4.69, 9.17) is 28.9 Å². The van der Waals surface area contributed by atoms with Gasteiger partial charge in [0.05, 0.1) is 16.3 Å². The third-order valence-electron chi connectivity index (χ3n) is 3.14. The molecule has 0 saturated heterocycles. The van der Waals surface area contributed by atoms with Crippen LogP contribution >= 0.6 is 45.8 Å². The molecule has 3 N–H and O–H groups in total. The first kappa shape index (κ1) is 14.7. The van der Waals surface area contributed by atoms with Gasteiger partial charge in [0.25, 0.3) is 0 Å². The van der Waals surface area contributed by atoms with Crippen LogP contribution in [0.25, 0.3) is 22.4 Å². The Morgan fingerprint density at radius 1 is 1.00 bits per heavy atom. The number of nitrogens with zero attached hydrogens (tertiary/aromatic N) is 1. The van der Waals surface area contributed by atoms with Crippen molar-refractivity contribution in [2.75, 3.05) is 5.73 Å². The summed E-state index contributed by atoms with van der Waals surface area (Å²) in [5.74, 6) is 0.446. The molecule has 0 amide bonds. The van der Waals surface area contributed by atoms with Crippen LogP contribution in [0, 0.1) is 3.57 Å². The molecule has 21 heavy (non-hydrogen) atoms. The minimum atomic E-state index is 0.446. The first-order chi connectivity index (χ1) is 10.1. The Balaban J connectivity index is 2.16. The third kappa shape index (κ3) is 2.88. The highest BCUT2D eigenvalue weighted by molar-refractivity contribution is 14.1. The zero-order valence-electron chi connectivity index (χ0n) is 10.7. The number of aromatic nitrogens is 2. The highest BCUT2D eigenvalue weighted by atomic mass is 127. The molecule has 0 fully saturated rings. The Morgan fingerprint density at radius 3 is 2.33 bits per heavy atom. The maximum atomic E-state index is 6.20. The van der Waals surface area contributed by atoms with Crippen LogP contribution < -0.4 is 5.73 Å². The van der Waals surface area contributed by atoms with Crippen molar-refractivity contribution in [3.63, 3.8) is 0 Å². The molecule has 3 rings (SSSR count). The van der Waals surface area contributed by atoms with Crippen molar-refractivity contribution in [2.24, 2.45) is 0 Å². The second-order valence-corrected chi connectivity index (χ2v) is 6.50. The van der Waals surface area contributed by atoms with E-state index in [1.54, 1.807) is 0 Å². The average Bonchev–Trinajstić information content (AvgIpc) is 2.85. The monoisotopic (exact) mass is 429 g/mol. The van der Waals surface area contributed by atoms with E-state index in [9.17, 15) is 0 Å². The molecule has 0 bridgehead atoms. The van der Waals surface area contributed by atoms with Crippen molar-refractivity contribution < 1.29 is 0 Å². The number of H-pyrrole nitrogens is 1. The number of nitrogen functional groups attached to an aromatic ring is 1. The summed E-state index contributed by atoms with van der Waals surface area (Å²) < 4.78 is 0.999. The lowest BCUT2D eigenvalue weighted by atomic mass is 10.0. The van der Waals surface area contributed by atoms with Crippen molar-refractivity contribution in [2.45, 2.75) is 0 Å². The summed E-state index contributed by atoms with van der Waals surface area (Å²) in [5, 5.41) is 8.48. The van der Waals surface area contributed by atoms with Crippen molar-refractivity contribution in [3.05, 3.63) is 56.1 Å². The maximum absolute atomic E-state index is 6.20. The lowest BCUT2D eigenvalue weighted by Gasteiger charge is -2.06. The summed E-state index contributed by atoms with van der Waals surface area (Å²) in [6.45, 7) is 0. The molecule has 0 aliphatic rings. The number of nitrogens with one attached hydrogen (secondary N) is 1. The SMILES string of the molecule is Nc1n[nH]c(-c2ccc(I)c(Cl)c2)c1-c1ccc(Cl)cc1. The standard InChI is InChI=1S/C15H10Cl2IN3/c16-10-4-1-8(2-5-10)13-14(20-21-15(13)19)9-3-6-12(18)11(17)7-9/h1-7H,(H3,19,20,21). The zero-order chi connectivity index (χ0) is 15.0. The Morgan fingerprint density at radius 2 is 1.67 bits per heavy atom. The summed E-state index contributed by atoms with van der Waals surface area (Å²) >= 11 is 14.3. The largest absolute Gasteiger partial charge is 0.382 e. The second-order valence-electron chi connectivity index (χ2n) is 4.49. The third-order valence-corrected chi connectivity index (χ3v) is 4.96. The smallest absolute Gasteiger partial charge is 0.153 e. The molecule has 0 aliphatic carbocycles. The molecule has 0 unspecified atom stereocenters. The minimum absolute atomic E-state index is 0.446. The summed E-state index contributed by atoms with van der Waals surface area (Å²) in [6.07, 6.45) is 0. The van der Waals surface area contributed by atoms with E-state index in [0.717, 1.165) is 26.0 Å². The summed E-state index contributed by atoms with van der Waals surface area (Å²) in [6, 6.07) is 13.3. The lowest BCUT2D eigenvalue weighted by molar-refractivity contribution is 1.10. The fraction of sp³-hybridized carbons (Fsp3) is 0. The number of rotatable bonds is 2. The zero-order valence-corrected chi connectivity index (χ0v) is 14.4. The van der Waals surface area contributed by atoms with E-state index in [-0.39, 0.29) is 0 Å². The van der Waals surface area contributed by atoms with E-state index in [1.807, 2.05) is 42.5 Å². The fourth-order valence-corrected chi connectivity index (χ4v) is 2.77. The first-order valence-corrected chi connectivity index (χ1v) is 7.95. The van der Waals surface area contributed by atoms with Crippen LogP contribution in [0.15, 0.2) is 42.5 Å². The molecule has 6 heteroatoms. The van der Waals surface area contributed by atoms with Gasteiger partial charge >= 0.3 is 0 Å². The Labute approximate surface area is 145 Å². The predicted molar refractivity (Wildman–Crippen MR) is 96.6 cm³/mol. The van der Waals surface area contributed by atoms with Gasteiger partial charge < -0.3 is 5.73 Å². The number of benzene rings is 2. The van der Waals surface area contributed by atoms with Gasteiger partial charge in [0, 0.05) is 14.2 Å². The van der Waals surface area contributed by atoms with E-state index >= 15 is 0 Å². The molecular weight excluding hydrogens is 420 g/mol. The molecule has 0 atom stereocenters. The fourth-order valence-electron chi connectivity index (χ4n) is 2.13. The van der Waals surface area contributed by atoms with Crippen LogP contribution in [0.2, 0.25) is 10.0 Å². The lowest BCUT2D eigenvalue weighted by Crippen LogP contribution is -1.89. The van der Waals surface area contributed by atoms with E-state index < -0.39 is 0 Å². The Hall–Kier alpha value is -1.24. The average molecular weight is 430 g/mol. The topological polar surface area (TPSA) is 54.7 Å². The summed E-state index contributed by atoms with van der Waals surface area (Å²) in [7, 11) is 0. The molecule has 2 aromatic carbocycles. The molecule has 1 aromatic heterocycles. The molecular formula is C15H10Cl2IN3. The van der Waals surface area contributed by atoms with Gasteiger partial charge in [0.1, 0.15) is 0 Å². The van der Waals surface area contributed by atoms with Gasteiger partial charge in [-0.2, -0.15) is 5.10 Å². The van der Waals surface area contributed by atoms with E-state index in [0.29, 0.717) is 15.9 Å². The molecule has 0 aliphatic heterocycles. The van der Waals surface area contributed by atoms with Gasteiger partial charge in [-0.05, 0) is 52.4 Å². The number of hydrogen-bond donors (Lipinski definition) is 2. The second kappa shape index (κ2) is 5.87. The van der Waals surface area contributed by atoms with Gasteiger partial charge in [-0.25, -0.2) is 0 Å². The van der Waals surface area contributed by atoms with Crippen molar-refractivity contribution in [3.8, 4) is 22.4 Å². The van der Waals surface area contributed by atoms with Crippen molar-refractivity contribution in [1.29, 1.82) is 0 Å². The normalized spacial score (nSPS) is 10.8. The first-order valence-electron chi connectivity index (χ1n) is 6.11. The maximum Gasteiger partial charge on any atom is 0.153 e. The van der Waals surface area contributed by atoms with Crippen LogP contribution in [-0.4, -0.2) is 10.2 Å². The van der Waals surface area contributed by atoms with Crippen molar-refractivity contribution in [1.82, 2.24) is 10.2 Å². The Bertz CT molecular complexity index is 797. The Kier molecular flexibility index (Phi) is 4.10. The van der Waals surface area contributed by atoms with Gasteiger partial charge in [-0.1, -0.05) is 41.4 Å². The molecule has 3 aromatic rings. The molecule has 1 heterocycles. The van der Waals surface area contributed by atoms with E-state index in [2.05, 4.69) is 32.8 Å². The summed E-state index contributed by atoms with van der Waals surface area (Å²) in [5.41, 5.74) is 9.59. The van der Waals surface area contributed by atoms with Crippen LogP contribution in [0.5, 0.6) is 0 Å². The highest BCUT2D eigenvalue weighted by Crippen LogP contribution is 2.36. The highest BCUT2D eigenvalue weighted by Gasteiger charge is 2.15. The van der Waals surface area contributed by atoms with Gasteiger partial charge in [-0.15, -0.1) is 0 Å². The number of halogens is 3. The quantitative estimate of drug-likeness (QED) is 0.547. The number of nitrogens with two attached hydrogens (primary N) is 1. The van der Waals surface area contributed by atoms with Crippen molar-refractivity contribution >= 4 is 51.6 Å². The van der Waals surface area contributed by atoms with Crippen LogP contribution in [0.3, 0.4) is 0 Å². The number of anilines is 1. The van der Waals surface area contributed by atoms with Crippen LogP contribution in [-0.2, 0) is 0 Å². The van der Waals surface area contributed by atoms with E-state index in [1.165, 1.54) is 0 Å². The summed E-state index contributed by atoms with van der Waals surface area (Å²) in [4.78, 5) is 0. The molecule has 106 valence electrons. The minimum Gasteiger partial charge on any atom is -0.382 e. The molecule has 3 nitrogen and oxygen atoms in total. The van der Waals surface area contributed by atoms with Crippen LogP contribution in [0.1, 0.15) is 0 Å².